The lowest BCUT2D eigenvalue weighted by Gasteiger charge is -2.17. The molecule has 1 unspecified atom stereocenters. The summed E-state index contributed by atoms with van der Waals surface area (Å²) in [5, 5.41) is 5.68. The van der Waals surface area contributed by atoms with Crippen molar-refractivity contribution in [1.82, 2.24) is 15.5 Å². The number of nitrogens with one attached hydrogen (secondary N) is 2. The number of benzene rings is 2. The Morgan fingerprint density at radius 1 is 1.04 bits per heavy atom. The minimum atomic E-state index is -0.285. The van der Waals surface area contributed by atoms with Crippen molar-refractivity contribution in [3.05, 3.63) is 71.5 Å². The fourth-order valence-corrected chi connectivity index (χ4v) is 3.22. The maximum atomic E-state index is 13.0. The molecule has 3 amide bonds. The van der Waals surface area contributed by atoms with E-state index in [1.54, 1.807) is 17.0 Å². The number of hydrogen-bond donors (Lipinski definition) is 2. The number of nitrogens with zero attached hydrogens (tertiary/aromatic N) is 1. The molecule has 1 aliphatic rings. The lowest BCUT2D eigenvalue weighted by Crippen LogP contribution is -2.39. The van der Waals surface area contributed by atoms with Crippen molar-refractivity contribution >= 4 is 11.9 Å². The van der Waals surface area contributed by atoms with Gasteiger partial charge in [-0.25, -0.2) is 9.18 Å². The predicted octanol–water partition coefficient (Wildman–Crippen LogP) is 2.72. The molecule has 1 saturated heterocycles. The van der Waals surface area contributed by atoms with Crippen LogP contribution in [0.3, 0.4) is 0 Å². The molecule has 6 heteroatoms. The number of hydrogen-bond acceptors (Lipinski definition) is 2. The second-order valence-corrected chi connectivity index (χ2v) is 6.84. The van der Waals surface area contributed by atoms with Crippen molar-refractivity contribution in [1.29, 1.82) is 0 Å². The molecule has 1 heterocycles. The summed E-state index contributed by atoms with van der Waals surface area (Å²) >= 11 is 0. The Hall–Kier alpha value is -2.89. The number of amides is 3. The third-order valence-corrected chi connectivity index (χ3v) is 4.67. The molecule has 0 aliphatic carbocycles. The van der Waals surface area contributed by atoms with Crippen molar-refractivity contribution in [3.63, 3.8) is 0 Å². The van der Waals surface area contributed by atoms with Crippen LogP contribution in [0.25, 0.3) is 0 Å². The van der Waals surface area contributed by atoms with E-state index in [0.717, 1.165) is 12.0 Å². The third kappa shape index (κ3) is 5.81. The first kappa shape index (κ1) is 18.9. The molecule has 142 valence electrons. The average molecular weight is 369 g/mol. The van der Waals surface area contributed by atoms with E-state index in [1.807, 2.05) is 30.3 Å². The van der Waals surface area contributed by atoms with Gasteiger partial charge in [-0.1, -0.05) is 42.5 Å². The molecular formula is C21H24FN3O2. The summed E-state index contributed by atoms with van der Waals surface area (Å²) in [6.45, 7) is 2.10. The van der Waals surface area contributed by atoms with Crippen molar-refractivity contribution in [3.8, 4) is 0 Å². The molecule has 0 bridgehead atoms. The molecule has 27 heavy (non-hydrogen) atoms. The number of urea groups is 1. The summed E-state index contributed by atoms with van der Waals surface area (Å²) in [4.78, 5) is 25.8. The maximum absolute atomic E-state index is 13.0. The van der Waals surface area contributed by atoms with Gasteiger partial charge in [0.1, 0.15) is 5.82 Å². The average Bonchev–Trinajstić information content (AvgIpc) is 3.02. The SMILES string of the molecule is O=C(NCCc1ccccc1)NCC1CC(=O)N(Cc2ccc(F)cc2)C1. The van der Waals surface area contributed by atoms with Crippen LogP contribution in [-0.4, -0.2) is 36.5 Å². The summed E-state index contributed by atoms with van der Waals surface area (Å²) < 4.78 is 13.0. The van der Waals surface area contributed by atoms with Gasteiger partial charge in [0.15, 0.2) is 0 Å². The highest BCUT2D eigenvalue weighted by molar-refractivity contribution is 5.79. The number of halogens is 1. The van der Waals surface area contributed by atoms with Crippen LogP contribution in [0.15, 0.2) is 54.6 Å². The van der Waals surface area contributed by atoms with Crippen LogP contribution in [-0.2, 0) is 17.8 Å². The lowest BCUT2D eigenvalue weighted by molar-refractivity contribution is -0.128. The number of carbonyl (C=O) groups is 2. The Morgan fingerprint density at radius 3 is 2.52 bits per heavy atom. The zero-order valence-electron chi connectivity index (χ0n) is 15.2. The molecule has 0 aromatic heterocycles. The van der Waals surface area contributed by atoms with E-state index in [4.69, 9.17) is 0 Å². The van der Waals surface area contributed by atoms with E-state index in [0.29, 0.717) is 32.6 Å². The summed E-state index contributed by atoms with van der Waals surface area (Å²) in [6, 6.07) is 15.9. The smallest absolute Gasteiger partial charge is 0.314 e. The molecule has 0 radical (unpaired) electrons. The first-order valence-electron chi connectivity index (χ1n) is 9.18. The van der Waals surface area contributed by atoms with Gasteiger partial charge in [0.25, 0.3) is 0 Å². The molecule has 3 rings (SSSR count). The Balaban J connectivity index is 1.36. The molecule has 0 saturated carbocycles. The molecular weight excluding hydrogens is 345 g/mol. The van der Waals surface area contributed by atoms with Crippen LogP contribution in [0.1, 0.15) is 17.5 Å². The van der Waals surface area contributed by atoms with E-state index in [1.165, 1.54) is 17.7 Å². The highest BCUT2D eigenvalue weighted by Gasteiger charge is 2.29. The first-order valence-corrected chi connectivity index (χ1v) is 9.18. The topological polar surface area (TPSA) is 61.4 Å². The second kappa shape index (κ2) is 9.16. The van der Waals surface area contributed by atoms with Crippen molar-refractivity contribution in [2.75, 3.05) is 19.6 Å². The summed E-state index contributed by atoms with van der Waals surface area (Å²) in [5.41, 5.74) is 2.08. The summed E-state index contributed by atoms with van der Waals surface area (Å²) in [6.07, 6.45) is 1.20. The molecule has 1 aliphatic heterocycles. The molecule has 5 nitrogen and oxygen atoms in total. The quantitative estimate of drug-likeness (QED) is 0.788. The zero-order chi connectivity index (χ0) is 19.1. The van der Waals surface area contributed by atoms with Gasteiger partial charge in [0.2, 0.25) is 5.91 Å². The van der Waals surface area contributed by atoms with Gasteiger partial charge in [-0.2, -0.15) is 0 Å². The standard InChI is InChI=1S/C21H24FN3O2/c22-19-8-6-17(7-9-19)14-25-15-18(12-20(25)26)13-24-21(27)23-11-10-16-4-2-1-3-5-16/h1-9,18H,10-15H2,(H2,23,24,27). The first-order chi connectivity index (χ1) is 13.1. The normalized spacial score (nSPS) is 16.4. The van der Waals surface area contributed by atoms with Gasteiger partial charge in [-0.05, 0) is 29.7 Å². The Morgan fingerprint density at radius 2 is 1.78 bits per heavy atom. The molecule has 2 aromatic rings. The monoisotopic (exact) mass is 369 g/mol. The molecule has 1 fully saturated rings. The molecule has 0 spiro atoms. The Bertz CT molecular complexity index is 765. The van der Waals surface area contributed by atoms with E-state index >= 15 is 0 Å². The third-order valence-electron chi connectivity index (χ3n) is 4.67. The van der Waals surface area contributed by atoms with Crippen LogP contribution in [0.4, 0.5) is 9.18 Å². The Kier molecular flexibility index (Phi) is 6.41. The van der Waals surface area contributed by atoms with Gasteiger partial charge in [0, 0.05) is 38.5 Å². The zero-order valence-corrected chi connectivity index (χ0v) is 15.2. The number of carbonyl (C=O) groups excluding carboxylic acids is 2. The Labute approximate surface area is 158 Å². The minimum Gasteiger partial charge on any atom is -0.338 e. The summed E-state index contributed by atoms with van der Waals surface area (Å²) in [5.74, 6) is -0.125. The minimum absolute atomic E-state index is 0.0654. The van der Waals surface area contributed by atoms with E-state index in [9.17, 15) is 14.0 Å². The largest absolute Gasteiger partial charge is 0.338 e. The van der Waals surface area contributed by atoms with Crippen LogP contribution in [0, 0.1) is 11.7 Å². The van der Waals surface area contributed by atoms with Crippen LogP contribution in [0.2, 0.25) is 0 Å². The van der Waals surface area contributed by atoms with Crippen LogP contribution >= 0.6 is 0 Å². The van der Waals surface area contributed by atoms with Gasteiger partial charge in [-0.3, -0.25) is 4.79 Å². The highest BCUT2D eigenvalue weighted by Crippen LogP contribution is 2.19. The lowest BCUT2D eigenvalue weighted by atomic mass is 10.1. The highest BCUT2D eigenvalue weighted by atomic mass is 19.1. The van der Waals surface area contributed by atoms with Gasteiger partial charge >= 0.3 is 6.03 Å². The molecule has 2 aromatic carbocycles. The number of rotatable bonds is 7. The van der Waals surface area contributed by atoms with Crippen molar-refractivity contribution in [2.24, 2.45) is 5.92 Å². The maximum Gasteiger partial charge on any atom is 0.314 e. The van der Waals surface area contributed by atoms with Crippen molar-refractivity contribution < 1.29 is 14.0 Å². The summed E-state index contributed by atoms with van der Waals surface area (Å²) in [7, 11) is 0. The molecule has 2 N–H and O–H groups in total. The van der Waals surface area contributed by atoms with Gasteiger partial charge in [-0.15, -0.1) is 0 Å². The van der Waals surface area contributed by atoms with E-state index < -0.39 is 0 Å². The van der Waals surface area contributed by atoms with Crippen molar-refractivity contribution in [2.45, 2.75) is 19.4 Å². The van der Waals surface area contributed by atoms with E-state index in [2.05, 4.69) is 10.6 Å². The van der Waals surface area contributed by atoms with Gasteiger partial charge < -0.3 is 15.5 Å². The fourth-order valence-electron chi connectivity index (χ4n) is 3.22. The predicted molar refractivity (Wildman–Crippen MR) is 101 cm³/mol. The fraction of sp³-hybridized carbons (Fsp3) is 0.333. The van der Waals surface area contributed by atoms with E-state index in [-0.39, 0.29) is 23.7 Å². The van der Waals surface area contributed by atoms with Gasteiger partial charge in [0.05, 0.1) is 0 Å². The molecule has 1 atom stereocenters. The second-order valence-electron chi connectivity index (χ2n) is 6.84. The van der Waals surface area contributed by atoms with Crippen LogP contribution < -0.4 is 10.6 Å². The number of likely N-dealkylation sites (tertiary alicyclic amines) is 1. The van der Waals surface area contributed by atoms with Crippen LogP contribution in [0.5, 0.6) is 0 Å².